The number of nitrogens with zero attached hydrogens (tertiary/aromatic N) is 1. The summed E-state index contributed by atoms with van der Waals surface area (Å²) in [6.45, 7) is 0. The van der Waals surface area contributed by atoms with E-state index < -0.39 is 0 Å². The summed E-state index contributed by atoms with van der Waals surface area (Å²) in [6, 6.07) is 5.62. The summed E-state index contributed by atoms with van der Waals surface area (Å²) < 4.78 is 0. The first-order valence-corrected chi connectivity index (χ1v) is 7.05. The summed E-state index contributed by atoms with van der Waals surface area (Å²) in [4.78, 5) is 16.4. The van der Waals surface area contributed by atoms with Crippen LogP contribution < -0.4 is 5.32 Å². The van der Waals surface area contributed by atoms with Gasteiger partial charge in [0, 0.05) is 17.1 Å². The Labute approximate surface area is 110 Å². The lowest BCUT2D eigenvalue weighted by Crippen LogP contribution is -2.40. The molecule has 0 bridgehead atoms. The van der Waals surface area contributed by atoms with E-state index in [1.165, 1.54) is 19.3 Å². The first kappa shape index (κ1) is 12.6. The first-order valence-electron chi connectivity index (χ1n) is 6.13. The highest BCUT2D eigenvalue weighted by Crippen LogP contribution is 2.23. The Morgan fingerprint density at radius 2 is 2.12 bits per heavy atom. The van der Waals surface area contributed by atoms with E-state index in [-0.39, 0.29) is 11.9 Å². The zero-order valence-electron chi connectivity index (χ0n) is 9.73. The van der Waals surface area contributed by atoms with Crippen molar-refractivity contribution in [1.82, 2.24) is 10.3 Å². The first-order chi connectivity index (χ1) is 8.27. The molecule has 1 aliphatic carbocycles. The number of amides is 1. The maximum absolute atomic E-state index is 12.0. The third-order valence-corrected chi connectivity index (χ3v) is 4.24. The molecular weight excluding hydrogens is 280 g/mol. The van der Waals surface area contributed by atoms with Gasteiger partial charge < -0.3 is 5.32 Å². The Hall–Kier alpha value is -0.900. The zero-order valence-corrected chi connectivity index (χ0v) is 11.3. The largest absolute Gasteiger partial charge is 0.347 e. The van der Waals surface area contributed by atoms with Crippen molar-refractivity contribution in [3.05, 3.63) is 30.1 Å². The summed E-state index contributed by atoms with van der Waals surface area (Å²) >= 11 is 3.67. The van der Waals surface area contributed by atoms with Gasteiger partial charge in [0.1, 0.15) is 5.69 Å². The van der Waals surface area contributed by atoms with E-state index in [1.54, 1.807) is 12.3 Å². The molecule has 2 unspecified atom stereocenters. The van der Waals surface area contributed by atoms with Gasteiger partial charge in [-0.25, -0.2) is 0 Å². The number of aromatic nitrogens is 1. The van der Waals surface area contributed by atoms with Crippen molar-refractivity contribution < 1.29 is 4.79 Å². The highest BCUT2D eigenvalue weighted by molar-refractivity contribution is 9.09. The molecule has 17 heavy (non-hydrogen) atoms. The maximum atomic E-state index is 12.0. The second kappa shape index (κ2) is 6.15. The van der Waals surface area contributed by atoms with E-state index in [0.717, 1.165) is 12.8 Å². The Bertz CT molecular complexity index is 369. The van der Waals surface area contributed by atoms with Gasteiger partial charge in [-0.15, -0.1) is 0 Å². The molecule has 3 nitrogen and oxygen atoms in total. The summed E-state index contributed by atoms with van der Waals surface area (Å²) in [5, 5.41) is 3.08. The van der Waals surface area contributed by atoms with Crippen LogP contribution in [0.15, 0.2) is 24.4 Å². The second-order valence-corrected chi connectivity index (χ2v) is 5.63. The van der Waals surface area contributed by atoms with Gasteiger partial charge in [0.05, 0.1) is 0 Å². The molecule has 1 aromatic heterocycles. The molecule has 1 N–H and O–H groups in total. The number of carbonyl (C=O) groups excluding carboxylic acids is 1. The van der Waals surface area contributed by atoms with Crippen molar-refractivity contribution in [2.24, 2.45) is 0 Å². The minimum atomic E-state index is -0.0676. The third kappa shape index (κ3) is 3.53. The number of rotatable bonds is 2. The number of carbonyl (C=O) groups is 1. The normalized spacial score (nSPS) is 25.0. The number of alkyl halides is 1. The summed E-state index contributed by atoms with van der Waals surface area (Å²) in [6.07, 6.45) is 7.52. The van der Waals surface area contributed by atoms with Crippen molar-refractivity contribution in [1.29, 1.82) is 0 Å². The van der Waals surface area contributed by atoms with Crippen LogP contribution in [0.5, 0.6) is 0 Å². The maximum Gasteiger partial charge on any atom is 0.270 e. The van der Waals surface area contributed by atoms with Crippen LogP contribution in [0.1, 0.15) is 42.6 Å². The van der Waals surface area contributed by atoms with E-state index >= 15 is 0 Å². The van der Waals surface area contributed by atoms with Crippen LogP contribution in [0.2, 0.25) is 0 Å². The number of hydrogen-bond donors (Lipinski definition) is 1. The Morgan fingerprint density at radius 1 is 1.29 bits per heavy atom. The van der Waals surface area contributed by atoms with Crippen molar-refractivity contribution in [3.8, 4) is 0 Å². The molecule has 1 saturated carbocycles. The molecule has 2 rings (SSSR count). The quantitative estimate of drug-likeness (QED) is 0.673. The Balaban J connectivity index is 1.98. The molecule has 0 aliphatic heterocycles. The van der Waals surface area contributed by atoms with E-state index in [9.17, 15) is 4.79 Å². The average molecular weight is 297 g/mol. The van der Waals surface area contributed by atoms with Gasteiger partial charge >= 0.3 is 0 Å². The van der Waals surface area contributed by atoms with Crippen LogP contribution in [-0.4, -0.2) is 21.8 Å². The van der Waals surface area contributed by atoms with E-state index in [2.05, 4.69) is 26.2 Å². The fourth-order valence-electron chi connectivity index (χ4n) is 2.16. The zero-order chi connectivity index (χ0) is 12.1. The monoisotopic (exact) mass is 296 g/mol. The lowest BCUT2D eigenvalue weighted by atomic mass is 10.1. The number of nitrogens with one attached hydrogen (secondary N) is 1. The Morgan fingerprint density at radius 3 is 2.88 bits per heavy atom. The van der Waals surface area contributed by atoms with Gasteiger partial charge in [-0.2, -0.15) is 0 Å². The third-order valence-electron chi connectivity index (χ3n) is 3.15. The molecule has 0 radical (unpaired) electrons. The molecular formula is C13H17BrN2O. The van der Waals surface area contributed by atoms with Crippen LogP contribution in [0.25, 0.3) is 0 Å². The average Bonchev–Trinajstić information content (AvgIpc) is 2.56. The van der Waals surface area contributed by atoms with Crippen LogP contribution >= 0.6 is 15.9 Å². The Kier molecular flexibility index (Phi) is 4.54. The molecule has 0 saturated heterocycles. The van der Waals surface area contributed by atoms with E-state index in [1.807, 2.05) is 12.1 Å². The SMILES string of the molecule is O=C(NC1CCCCCC1Br)c1ccccn1. The molecule has 0 spiro atoms. The van der Waals surface area contributed by atoms with Crippen LogP contribution in [0.3, 0.4) is 0 Å². The van der Waals surface area contributed by atoms with Crippen molar-refractivity contribution in [3.63, 3.8) is 0 Å². The molecule has 1 fully saturated rings. The van der Waals surface area contributed by atoms with Crippen molar-refractivity contribution in [2.45, 2.75) is 43.0 Å². The fraction of sp³-hybridized carbons (Fsp3) is 0.538. The lowest BCUT2D eigenvalue weighted by Gasteiger charge is -2.21. The van der Waals surface area contributed by atoms with Gasteiger partial charge in [-0.05, 0) is 25.0 Å². The number of halogens is 1. The second-order valence-electron chi connectivity index (χ2n) is 4.45. The van der Waals surface area contributed by atoms with E-state index in [0.29, 0.717) is 10.5 Å². The van der Waals surface area contributed by atoms with Gasteiger partial charge in [-0.3, -0.25) is 9.78 Å². The summed E-state index contributed by atoms with van der Waals surface area (Å²) in [5.74, 6) is -0.0676. The number of hydrogen-bond acceptors (Lipinski definition) is 2. The topological polar surface area (TPSA) is 42.0 Å². The molecule has 2 atom stereocenters. The van der Waals surface area contributed by atoms with Gasteiger partial charge in [-0.1, -0.05) is 41.3 Å². The summed E-state index contributed by atoms with van der Waals surface area (Å²) in [5.41, 5.74) is 0.497. The predicted octanol–water partition coefficient (Wildman–Crippen LogP) is 2.91. The van der Waals surface area contributed by atoms with Crippen molar-refractivity contribution >= 4 is 21.8 Å². The molecule has 0 aromatic carbocycles. The molecule has 1 heterocycles. The molecule has 4 heteroatoms. The van der Waals surface area contributed by atoms with Crippen LogP contribution in [0.4, 0.5) is 0 Å². The molecule has 92 valence electrons. The van der Waals surface area contributed by atoms with Gasteiger partial charge in [0.15, 0.2) is 0 Å². The smallest absolute Gasteiger partial charge is 0.270 e. The minimum Gasteiger partial charge on any atom is -0.347 e. The van der Waals surface area contributed by atoms with Gasteiger partial charge in [0.25, 0.3) is 5.91 Å². The summed E-state index contributed by atoms with van der Waals surface area (Å²) in [7, 11) is 0. The highest BCUT2D eigenvalue weighted by Gasteiger charge is 2.23. The lowest BCUT2D eigenvalue weighted by molar-refractivity contribution is 0.0930. The fourth-order valence-corrected chi connectivity index (χ4v) is 2.88. The van der Waals surface area contributed by atoms with Gasteiger partial charge in [0.2, 0.25) is 0 Å². The van der Waals surface area contributed by atoms with E-state index in [4.69, 9.17) is 0 Å². The van der Waals surface area contributed by atoms with Crippen LogP contribution in [0, 0.1) is 0 Å². The standard InChI is InChI=1S/C13H17BrN2O/c14-10-6-2-1-3-7-11(10)16-13(17)12-8-4-5-9-15-12/h4-5,8-11H,1-3,6-7H2,(H,16,17). The molecule has 1 amide bonds. The molecule has 1 aliphatic rings. The highest BCUT2D eigenvalue weighted by atomic mass is 79.9. The molecule has 1 aromatic rings. The minimum absolute atomic E-state index is 0.0676. The predicted molar refractivity (Wildman–Crippen MR) is 71.3 cm³/mol. The van der Waals surface area contributed by atoms with Crippen molar-refractivity contribution in [2.75, 3.05) is 0 Å². The van der Waals surface area contributed by atoms with Crippen LogP contribution in [-0.2, 0) is 0 Å². The number of pyridine rings is 1.